The summed E-state index contributed by atoms with van der Waals surface area (Å²) in [6.45, 7) is 7.40. The molecule has 0 radical (unpaired) electrons. The van der Waals surface area contributed by atoms with Gasteiger partial charge in [0.05, 0.1) is 5.97 Å². The van der Waals surface area contributed by atoms with Gasteiger partial charge in [0.15, 0.2) is 5.84 Å². The molecule has 1 aliphatic heterocycles. The smallest absolute Gasteiger partial charge is 0.545 e. The van der Waals surface area contributed by atoms with E-state index in [1.807, 2.05) is 20.8 Å². The number of carbonyl (C=O) groups excluding carboxylic acids is 2. The molecule has 1 amide bonds. The Kier molecular flexibility index (Phi) is 5.89. The number of pyridine rings is 1. The van der Waals surface area contributed by atoms with Crippen LogP contribution in [0, 0.1) is 5.92 Å². The Morgan fingerprint density at radius 3 is 2.55 bits per heavy atom. The average molecular weight is 311 g/mol. The minimum atomic E-state index is -1.33. The van der Waals surface area contributed by atoms with Crippen molar-refractivity contribution in [1.29, 1.82) is 0 Å². The van der Waals surface area contributed by atoms with Gasteiger partial charge in [-0.1, -0.05) is 20.8 Å². The fourth-order valence-corrected chi connectivity index (χ4v) is 2.09. The quantitative estimate of drug-likeness (QED) is 0.612. The van der Waals surface area contributed by atoms with Crippen molar-refractivity contribution in [3.05, 3.63) is 29.1 Å². The summed E-state index contributed by atoms with van der Waals surface area (Å²) in [6, 6.07) is 1.51. The van der Waals surface area contributed by atoms with Crippen molar-refractivity contribution in [2.45, 2.75) is 39.7 Å². The van der Waals surface area contributed by atoms with E-state index in [9.17, 15) is 14.7 Å². The molecule has 1 N–H and O–H groups in total. The molecule has 2 heterocycles. The van der Waals surface area contributed by atoms with Crippen LogP contribution in [0.2, 0.25) is 0 Å². The first-order valence-corrected chi connectivity index (χ1v) is 6.91. The molecule has 1 unspecified atom stereocenters. The van der Waals surface area contributed by atoms with Gasteiger partial charge < -0.3 is 15.2 Å². The second-order valence-corrected chi connectivity index (χ2v) is 5.60. The normalized spacial score (nSPS) is 20.4. The van der Waals surface area contributed by atoms with Crippen LogP contribution in [0.3, 0.4) is 0 Å². The van der Waals surface area contributed by atoms with E-state index in [-0.39, 0.29) is 58.5 Å². The van der Waals surface area contributed by atoms with Crippen molar-refractivity contribution < 1.29 is 44.3 Å². The van der Waals surface area contributed by atoms with Crippen molar-refractivity contribution in [3.8, 4) is 0 Å². The number of hydrogen-bond acceptors (Lipinski definition) is 5. The monoisotopic (exact) mass is 311 g/mol. The maximum Gasteiger partial charge on any atom is 1.00 e. The molecule has 0 fully saturated rings. The second-order valence-electron chi connectivity index (χ2n) is 5.60. The molecule has 0 bridgehead atoms. The van der Waals surface area contributed by atoms with Crippen LogP contribution in [0.15, 0.2) is 17.3 Å². The molecule has 6 nitrogen and oxygen atoms in total. The fourth-order valence-electron chi connectivity index (χ4n) is 2.09. The maximum absolute atomic E-state index is 12.1. The van der Waals surface area contributed by atoms with Gasteiger partial charge >= 0.3 is 29.6 Å². The van der Waals surface area contributed by atoms with Crippen LogP contribution in [0.1, 0.15) is 49.3 Å². The molecule has 0 aromatic carbocycles. The molecule has 1 aromatic rings. The number of amidine groups is 1. The van der Waals surface area contributed by atoms with Gasteiger partial charge in [0, 0.05) is 11.8 Å². The van der Waals surface area contributed by atoms with E-state index in [0.717, 1.165) is 5.56 Å². The van der Waals surface area contributed by atoms with Crippen molar-refractivity contribution in [2.24, 2.45) is 10.9 Å². The van der Waals surface area contributed by atoms with E-state index in [4.69, 9.17) is 0 Å². The van der Waals surface area contributed by atoms with E-state index in [0.29, 0.717) is 6.42 Å². The number of aromatic carboxylic acids is 1. The number of rotatable bonds is 4. The topological polar surface area (TPSA) is 94.5 Å². The van der Waals surface area contributed by atoms with Gasteiger partial charge in [-0.2, -0.15) is 0 Å². The number of hydrogen-bond donors (Lipinski definition) is 1. The molecule has 1 atom stereocenters. The Bertz CT molecular complexity index is 643. The number of aliphatic imine (C=N–C) groups is 1. The molecule has 22 heavy (non-hydrogen) atoms. The summed E-state index contributed by atoms with van der Waals surface area (Å²) in [5.74, 6) is -1.41. The largest absolute Gasteiger partial charge is 1.00 e. The summed E-state index contributed by atoms with van der Waals surface area (Å²) in [4.78, 5) is 31.9. The number of carboxylic acids is 1. The maximum atomic E-state index is 12.1. The van der Waals surface area contributed by atoms with Crippen molar-refractivity contribution >= 4 is 17.7 Å². The Hall–Kier alpha value is -1.24. The third kappa shape index (κ3) is 3.24. The van der Waals surface area contributed by atoms with E-state index >= 15 is 0 Å². The summed E-state index contributed by atoms with van der Waals surface area (Å²) in [7, 11) is 0. The zero-order valence-corrected chi connectivity index (χ0v) is 15.6. The van der Waals surface area contributed by atoms with Gasteiger partial charge in [-0.05, 0) is 30.9 Å². The molecule has 1 aliphatic rings. The van der Waals surface area contributed by atoms with Crippen LogP contribution in [-0.2, 0) is 11.2 Å². The molecule has 0 saturated heterocycles. The number of amides is 1. The van der Waals surface area contributed by atoms with Gasteiger partial charge in [0.2, 0.25) is 0 Å². The minimum absolute atomic E-state index is 0. The van der Waals surface area contributed by atoms with E-state index in [1.165, 1.54) is 6.07 Å². The number of aromatic nitrogens is 1. The van der Waals surface area contributed by atoms with Crippen LogP contribution in [0.25, 0.3) is 0 Å². The summed E-state index contributed by atoms with van der Waals surface area (Å²) in [5, 5.41) is 13.9. The molecule has 0 spiro atoms. The van der Waals surface area contributed by atoms with Gasteiger partial charge in [-0.3, -0.25) is 9.78 Å². The molecule has 1 aromatic heterocycles. The number of nitrogens with zero attached hydrogens (tertiary/aromatic N) is 2. The van der Waals surface area contributed by atoms with E-state index < -0.39 is 11.5 Å². The summed E-state index contributed by atoms with van der Waals surface area (Å²) in [6.07, 6.45) is 2.25. The van der Waals surface area contributed by atoms with Crippen LogP contribution in [-0.4, -0.2) is 28.2 Å². The zero-order chi connectivity index (χ0) is 15.8. The van der Waals surface area contributed by atoms with Crippen LogP contribution >= 0.6 is 0 Å². The minimum Gasteiger partial charge on any atom is -0.545 e. The first-order chi connectivity index (χ1) is 9.79. The predicted octanol–water partition coefficient (Wildman–Crippen LogP) is -2.70. The molecule has 112 valence electrons. The van der Waals surface area contributed by atoms with Crippen LogP contribution < -0.4 is 40.0 Å². The fraction of sp³-hybridized carbons (Fsp3) is 0.467. The molecular weight excluding hydrogens is 293 g/mol. The van der Waals surface area contributed by atoms with Gasteiger partial charge in [-0.15, -0.1) is 0 Å². The predicted molar refractivity (Wildman–Crippen MR) is 75.9 cm³/mol. The Morgan fingerprint density at radius 1 is 1.45 bits per heavy atom. The zero-order valence-electron chi connectivity index (χ0n) is 13.6. The van der Waals surface area contributed by atoms with Crippen molar-refractivity contribution in [1.82, 2.24) is 10.3 Å². The third-order valence-corrected chi connectivity index (χ3v) is 3.96. The second kappa shape index (κ2) is 6.89. The molecule has 2 rings (SSSR count). The molecule has 0 saturated carbocycles. The Balaban J connectivity index is 0.00000242. The Labute approximate surface area is 151 Å². The standard InChI is InChI=1S/C15H19N3O3.Na/c1-5-9-6-10(13(19)20)11(16-7-9)12-17-14(21)15(4,18-12)8(2)3;/h6-8H,5H2,1-4H3,(H,19,20)(H,17,18,21);/q;+1/p-1. The molecule has 0 aliphatic carbocycles. The number of carbonyl (C=O) groups is 2. The van der Waals surface area contributed by atoms with Crippen molar-refractivity contribution in [2.75, 3.05) is 0 Å². The number of nitrogens with one attached hydrogen (secondary N) is 1. The van der Waals surface area contributed by atoms with Gasteiger partial charge in [0.1, 0.15) is 11.2 Å². The molecular formula is C15H18N3NaO3. The van der Waals surface area contributed by atoms with Crippen LogP contribution in [0.5, 0.6) is 0 Å². The Morgan fingerprint density at radius 2 is 2.09 bits per heavy atom. The molecule has 7 heteroatoms. The van der Waals surface area contributed by atoms with Crippen LogP contribution in [0.4, 0.5) is 0 Å². The SMILES string of the molecule is CCc1cnc(C2=NC(C)(C(C)C)C(=O)N2)c(C(=O)[O-])c1.[Na+]. The third-order valence-electron chi connectivity index (χ3n) is 3.96. The van der Waals surface area contributed by atoms with E-state index in [2.05, 4.69) is 15.3 Å². The summed E-state index contributed by atoms with van der Waals surface area (Å²) >= 11 is 0. The van der Waals surface area contributed by atoms with E-state index in [1.54, 1.807) is 13.1 Å². The summed E-state index contributed by atoms with van der Waals surface area (Å²) in [5.41, 5.74) is -0.0373. The van der Waals surface area contributed by atoms with Gasteiger partial charge in [0.25, 0.3) is 5.91 Å². The van der Waals surface area contributed by atoms with Crippen molar-refractivity contribution in [3.63, 3.8) is 0 Å². The first-order valence-electron chi connectivity index (χ1n) is 6.91. The number of aryl methyl sites for hydroxylation is 1. The first kappa shape index (κ1) is 18.8. The number of carboxylic acid groups (broad SMARTS) is 1. The average Bonchev–Trinajstić information content (AvgIpc) is 2.75. The summed E-state index contributed by atoms with van der Waals surface area (Å²) < 4.78 is 0. The van der Waals surface area contributed by atoms with Gasteiger partial charge in [-0.25, -0.2) is 4.99 Å².